The molecule has 0 radical (unpaired) electrons. The van der Waals surface area contributed by atoms with Crippen LogP contribution in [0.4, 0.5) is 0 Å². The van der Waals surface area contributed by atoms with Crippen molar-refractivity contribution in [3.63, 3.8) is 0 Å². The first kappa shape index (κ1) is 15.1. The number of epoxide rings is 2. The van der Waals surface area contributed by atoms with Gasteiger partial charge in [-0.25, -0.2) is 0 Å². The third-order valence-corrected chi connectivity index (χ3v) is 7.03. The zero-order valence-electron chi connectivity index (χ0n) is 14.1. The molecule has 132 valence electrons. The molecule has 3 aliphatic heterocycles. The summed E-state index contributed by atoms with van der Waals surface area (Å²) in [7, 11) is 0. The molecule has 0 aromatic carbocycles. The molecular weight excluding hydrogens is 316 g/mol. The molecule has 1 N–H and O–H groups in total. The lowest BCUT2D eigenvalue weighted by atomic mass is 9.73. The average Bonchev–Trinajstić information content (AvgIpc) is 3.29. The molecule has 7 heteroatoms. The second-order valence-corrected chi connectivity index (χ2v) is 8.42. The van der Waals surface area contributed by atoms with E-state index in [0.29, 0.717) is 0 Å². The maximum atomic E-state index is 12.3. The molecule has 10 unspecified atom stereocenters. The van der Waals surface area contributed by atoms with E-state index in [1.165, 1.54) is 6.92 Å². The monoisotopic (exact) mass is 338 g/mol. The molecule has 0 aromatic rings. The van der Waals surface area contributed by atoms with Gasteiger partial charge in [-0.3, -0.25) is 9.59 Å². The number of carbonyl (C=O) groups is 2. The maximum Gasteiger partial charge on any atom is 0.309 e. The van der Waals surface area contributed by atoms with Crippen molar-refractivity contribution in [2.45, 2.75) is 75.3 Å². The van der Waals surface area contributed by atoms with Crippen molar-refractivity contribution in [2.24, 2.45) is 17.8 Å². The van der Waals surface area contributed by atoms with Crippen LogP contribution in [0.2, 0.25) is 0 Å². The van der Waals surface area contributed by atoms with Gasteiger partial charge in [0.15, 0.2) is 0 Å². The SMILES string of the molecule is CC(=O)OC1CC(C)(O)C23OC2C2OC2(C)C3C2OC(=O)C(C)C12. The Morgan fingerprint density at radius 3 is 2.67 bits per heavy atom. The highest BCUT2D eigenvalue weighted by atomic mass is 16.7. The van der Waals surface area contributed by atoms with Gasteiger partial charge in [-0.05, 0) is 13.8 Å². The second kappa shape index (κ2) is 3.97. The van der Waals surface area contributed by atoms with Crippen LogP contribution in [0.5, 0.6) is 0 Å². The Kier molecular flexibility index (Phi) is 2.50. The van der Waals surface area contributed by atoms with Gasteiger partial charge in [0.25, 0.3) is 0 Å². The fourth-order valence-electron chi connectivity index (χ4n) is 5.94. The number of carbonyl (C=O) groups excluding carboxylic acids is 2. The van der Waals surface area contributed by atoms with Crippen LogP contribution in [0.3, 0.4) is 0 Å². The van der Waals surface area contributed by atoms with Crippen LogP contribution in [0.15, 0.2) is 0 Å². The molecule has 3 heterocycles. The molecule has 5 aliphatic rings. The van der Waals surface area contributed by atoms with Crippen LogP contribution in [0, 0.1) is 17.8 Å². The van der Waals surface area contributed by atoms with Gasteiger partial charge in [-0.2, -0.15) is 0 Å². The summed E-state index contributed by atoms with van der Waals surface area (Å²) in [5.74, 6) is -1.67. The van der Waals surface area contributed by atoms with E-state index in [2.05, 4.69) is 0 Å². The Bertz CT molecular complexity index is 659. The van der Waals surface area contributed by atoms with E-state index in [-0.39, 0.29) is 36.4 Å². The molecular formula is C17H22O7. The van der Waals surface area contributed by atoms with Crippen molar-refractivity contribution in [1.82, 2.24) is 0 Å². The fraction of sp³-hybridized carbons (Fsp3) is 0.882. The van der Waals surface area contributed by atoms with Crippen LogP contribution >= 0.6 is 0 Å². The predicted molar refractivity (Wildman–Crippen MR) is 77.7 cm³/mol. The minimum Gasteiger partial charge on any atom is -0.462 e. The van der Waals surface area contributed by atoms with Crippen molar-refractivity contribution in [2.75, 3.05) is 0 Å². The van der Waals surface area contributed by atoms with E-state index in [9.17, 15) is 14.7 Å². The molecule has 5 rings (SSSR count). The van der Waals surface area contributed by atoms with Crippen LogP contribution in [0.25, 0.3) is 0 Å². The van der Waals surface area contributed by atoms with Crippen molar-refractivity contribution in [3.8, 4) is 0 Å². The largest absolute Gasteiger partial charge is 0.462 e. The Balaban J connectivity index is 1.64. The summed E-state index contributed by atoms with van der Waals surface area (Å²) in [4.78, 5) is 23.9. The summed E-state index contributed by atoms with van der Waals surface area (Å²) in [6.45, 7) is 6.87. The lowest BCUT2D eigenvalue weighted by Gasteiger charge is -2.36. The quantitative estimate of drug-likeness (QED) is 0.538. The normalized spacial score (nSPS) is 62.5. The highest BCUT2D eigenvalue weighted by Crippen LogP contribution is 2.75. The van der Waals surface area contributed by atoms with Crippen molar-refractivity contribution in [3.05, 3.63) is 0 Å². The Labute approximate surface area is 139 Å². The van der Waals surface area contributed by atoms with Gasteiger partial charge in [0.05, 0.1) is 17.4 Å². The van der Waals surface area contributed by atoms with Gasteiger partial charge in [-0.15, -0.1) is 0 Å². The number of hydrogen-bond acceptors (Lipinski definition) is 7. The number of aliphatic hydroxyl groups is 1. The zero-order chi connectivity index (χ0) is 17.2. The molecule has 3 saturated heterocycles. The summed E-state index contributed by atoms with van der Waals surface area (Å²) in [5.41, 5.74) is -2.42. The zero-order valence-corrected chi connectivity index (χ0v) is 14.1. The average molecular weight is 338 g/mol. The van der Waals surface area contributed by atoms with E-state index in [1.807, 2.05) is 6.92 Å². The minimum absolute atomic E-state index is 0.0606. The number of fused-ring (bicyclic) bond motifs is 5. The van der Waals surface area contributed by atoms with Crippen LogP contribution in [-0.4, -0.2) is 58.3 Å². The lowest BCUT2D eigenvalue weighted by Crippen LogP contribution is -2.53. The number of rotatable bonds is 1. The first-order valence-corrected chi connectivity index (χ1v) is 8.59. The number of hydrogen-bond donors (Lipinski definition) is 1. The molecule has 24 heavy (non-hydrogen) atoms. The first-order valence-electron chi connectivity index (χ1n) is 8.59. The van der Waals surface area contributed by atoms with Gasteiger partial charge >= 0.3 is 11.9 Å². The fourth-order valence-corrected chi connectivity index (χ4v) is 5.94. The minimum atomic E-state index is -1.18. The molecule has 5 fully saturated rings. The maximum absolute atomic E-state index is 12.3. The summed E-state index contributed by atoms with van der Waals surface area (Å²) >= 11 is 0. The lowest BCUT2D eigenvalue weighted by molar-refractivity contribution is -0.155. The molecule has 2 saturated carbocycles. The summed E-state index contributed by atoms with van der Waals surface area (Å²) in [5, 5.41) is 11.3. The second-order valence-electron chi connectivity index (χ2n) is 8.42. The Morgan fingerprint density at radius 2 is 2.00 bits per heavy atom. The predicted octanol–water partition coefficient (Wildman–Crippen LogP) is 0.175. The molecule has 7 nitrogen and oxygen atoms in total. The van der Waals surface area contributed by atoms with Gasteiger partial charge in [-0.1, -0.05) is 6.92 Å². The first-order chi connectivity index (χ1) is 11.1. The topological polar surface area (TPSA) is 97.9 Å². The summed E-state index contributed by atoms with van der Waals surface area (Å²) < 4.78 is 23.1. The van der Waals surface area contributed by atoms with Gasteiger partial charge in [0.1, 0.15) is 35.6 Å². The van der Waals surface area contributed by atoms with Crippen LogP contribution in [0.1, 0.15) is 34.1 Å². The number of ether oxygens (including phenoxy) is 4. The molecule has 2 aliphatic carbocycles. The van der Waals surface area contributed by atoms with E-state index in [4.69, 9.17) is 18.9 Å². The molecule has 1 spiro atoms. The van der Waals surface area contributed by atoms with E-state index in [0.717, 1.165) is 0 Å². The van der Waals surface area contributed by atoms with Gasteiger partial charge in [0, 0.05) is 19.3 Å². The highest BCUT2D eigenvalue weighted by molar-refractivity contribution is 5.75. The molecule has 0 bridgehead atoms. The van der Waals surface area contributed by atoms with Crippen molar-refractivity contribution >= 4 is 11.9 Å². The van der Waals surface area contributed by atoms with Crippen LogP contribution in [-0.2, 0) is 28.5 Å². The standard InChI is InChI=1S/C17H22O7/c1-6-9-8(21-7(2)18)5-15(3,20)17-11(10(9)22-14(6)19)16(4)12(23-16)13(17)24-17/h6,8-13,20H,5H2,1-4H3. The molecule has 0 amide bonds. The summed E-state index contributed by atoms with van der Waals surface area (Å²) in [6.07, 6.45) is -1.09. The number of esters is 2. The third kappa shape index (κ3) is 1.46. The Morgan fingerprint density at radius 1 is 1.29 bits per heavy atom. The molecule has 10 atom stereocenters. The van der Waals surface area contributed by atoms with Crippen LogP contribution < -0.4 is 0 Å². The van der Waals surface area contributed by atoms with Gasteiger partial charge < -0.3 is 24.1 Å². The van der Waals surface area contributed by atoms with Crippen molar-refractivity contribution in [1.29, 1.82) is 0 Å². The van der Waals surface area contributed by atoms with Crippen molar-refractivity contribution < 1.29 is 33.6 Å². The van der Waals surface area contributed by atoms with E-state index >= 15 is 0 Å². The molecule has 0 aromatic heterocycles. The highest BCUT2D eigenvalue weighted by Gasteiger charge is 2.93. The third-order valence-electron chi connectivity index (χ3n) is 7.03. The summed E-state index contributed by atoms with van der Waals surface area (Å²) in [6, 6.07) is 0. The smallest absolute Gasteiger partial charge is 0.309 e. The van der Waals surface area contributed by atoms with E-state index < -0.39 is 40.9 Å². The Hall–Kier alpha value is -1.18. The van der Waals surface area contributed by atoms with Gasteiger partial charge in [0.2, 0.25) is 0 Å². The van der Waals surface area contributed by atoms with E-state index in [1.54, 1.807) is 13.8 Å².